The molecular weight excluding hydrogens is 256 g/mol. The van der Waals surface area contributed by atoms with Crippen LogP contribution in [0.25, 0.3) is 0 Å². The first-order valence-corrected chi connectivity index (χ1v) is 7.20. The van der Waals surface area contributed by atoms with Crippen LogP contribution in [-0.2, 0) is 11.2 Å². The molecule has 1 aliphatic heterocycles. The van der Waals surface area contributed by atoms with Gasteiger partial charge in [-0.2, -0.15) is 0 Å². The van der Waals surface area contributed by atoms with Crippen molar-refractivity contribution in [2.24, 2.45) is 11.8 Å². The average molecular weight is 274 g/mol. The topological polar surface area (TPSA) is 63.6 Å². The van der Waals surface area contributed by atoms with E-state index in [1.165, 1.54) is 0 Å². The van der Waals surface area contributed by atoms with Crippen molar-refractivity contribution >= 4 is 11.8 Å². The van der Waals surface area contributed by atoms with Crippen molar-refractivity contribution < 1.29 is 19.4 Å². The number of carboxylic acid groups (broad SMARTS) is 1. The number of carbonyl (C=O) groups excluding carboxylic acids is 1. The lowest BCUT2D eigenvalue weighted by atomic mass is 9.75. The number of benzene rings is 1. The van der Waals surface area contributed by atoms with E-state index in [9.17, 15) is 14.7 Å². The number of Topliss-reactive ketones (excluding diaryl/α,β-unsaturated/α-hetero) is 1. The molecule has 0 saturated heterocycles. The van der Waals surface area contributed by atoms with Gasteiger partial charge in [0.25, 0.3) is 0 Å². The molecule has 0 amide bonds. The maximum atomic E-state index is 12.8. The first-order chi connectivity index (χ1) is 9.68. The highest BCUT2D eigenvalue weighted by molar-refractivity contribution is 6.01. The van der Waals surface area contributed by atoms with Crippen LogP contribution in [0.4, 0.5) is 0 Å². The molecule has 0 bridgehead atoms. The van der Waals surface area contributed by atoms with Crippen molar-refractivity contribution in [3.8, 4) is 5.75 Å². The minimum Gasteiger partial charge on any atom is -0.493 e. The molecule has 2 aliphatic rings. The third-order valence-electron chi connectivity index (χ3n) is 4.43. The SMILES string of the molecule is O=C(O)C1CCCCC1C(=O)c1cccc2c1CCO2. The number of fused-ring (bicyclic) bond motifs is 1. The summed E-state index contributed by atoms with van der Waals surface area (Å²) in [6, 6.07) is 5.49. The summed E-state index contributed by atoms with van der Waals surface area (Å²) in [6.07, 6.45) is 3.86. The van der Waals surface area contributed by atoms with Gasteiger partial charge in [-0.25, -0.2) is 0 Å². The van der Waals surface area contributed by atoms with E-state index in [4.69, 9.17) is 4.74 Å². The number of hydrogen-bond acceptors (Lipinski definition) is 3. The number of ether oxygens (including phenoxy) is 1. The van der Waals surface area contributed by atoms with Crippen LogP contribution in [-0.4, -0.2) is 23.5 Å². The zero-order chi connectivity index (χ0) is 14.1. The molecule has 1 aliphatic carbocycles. The predicted octanol–water partition coefficient (Wildman–Crippen LogP) is 2.70. The van der Waals surface area contributed by atoms with E-state index in [0.29, 0.717) is 25.0 Å². The van der Waals surface area contributed by atoms with E-state index >= 15 is 0 Å². The van der Waals surface area contributed by atoms with E-state index in [0.717, 1.165) is 30.6 Å². The molecule has 4 heteroatoms. The number of aliphatic carboxylic acids is 1. The van der Waals surface area contributed by atoms with Gasteiger partial charge in [-0.1, -0.05) is 25.0 Å². The Balaban J connectivity index is 1.92. The highest BCUT2D eigenvalue weighted by Gasteiger charge is 2.37. The van der Waals surface area contributed by atoms with Gasteiger partial charge < -0.3 is 9.84 Å². The van der Waals surface area contributed by atoms with Crippen molar-refractivity contribution in [3.63, 3.8) is 0 Å². The standard InChI is InChI=1S/C16H18O4/c17-15(12-4-1-2-5-13(12)16(18)19)11-6-3-7-14-10(11)8-9-20-14/h3,6-7,12-13H,1-2,4-5,8-9H2,(H,18,19). The first kappa shape index (κ1) is 13.2. The quantitative estimate of drug-likeness (QED) is 0.861. The molecule has 4 nitrogen and oxygen atoms in total. The Hall–Kier alpha value is -1.84. The molecule has 1 heterocycles. The summed E-state index contributed by atoms with van der Waals surface area (Å²) in [6.45, 7) is 0.604. The summed E-state index contributed by atoms with van der Waals surface area (Å²) in [5, 5.41) is 9.32. The molecule has 106 valence electrons. The number of rotatable bonds is 3. The van der Waals surface area contributed by atoms with Crippen LogP contribution in [0, 0.1) is 11.8 Å². The van der Waals surface area contributed by atoms with Gasteiger partial charge in [-0.3, -0.25) is 9.59 Å². The van der Waals surface area contributed by atoms with Crippen molar-refractivity contribution in [2.75, 3.05) is 6.61 Å². The van der Waals surface area contributed by atoms with E-state index < -0.39 is 11.9 Å². The van der Waals surface area contributed by atoms with Gasteiger partial charge in [-0.05, 0) is 18.9 Å². The van der Waals surface area contributed by atoms with E-state index in [2.05, 4.69) is 0 Å². The fraction of sp³-hybridized carbons (Fsp3) is 0.500. The van der Waals surface area contributed by atoms with Crippen LogP contribution in [0.2, 0.25) is 0 Å². The molecule has 1 N–H and O–H groups in total. The van der Waals surface area contributed by atoms with Gasteiger partial charge in [0.15, 0.2) is 5.78 Å². The maximum Gasteiger partial charge on any atom is 0.307 e. The van der Waals surface area contributed by atoms with Crippen LogP contribution in [0.15, 0.2) is 18.2 Å². The Morgan fingerprint density at radius 1 is 1.15 bits per heavy atom. The third kappa shape index (κ3) is 2.19. The molecule has 0 spiro atoms. The molecule has 2 atom stereocenters. The normalized spacial score (nSPS) is 24.8. The fourth-order valence-corrected chi connectivity index (χ4v) is 3.39. The summed E-state index contributed by atoms with van der Waals surface area (Å²) in [4.78, 5) is 24.1. The van der Waals surface area contributed by atoms with Crippen molar-refractivity contribution in [1.29, 1.82) is 0 Å². The molecule has 3 rings (SSSR count). The number of hydrogen-bond donors (Lipinski definition) is 1. The molecule has 0 aromatic heterocycles. The minimum atomic E-state index is -0.841. The lowest BCUT2D eigenvalue weighted by Gasteiger charge is -2.27. The number of ketones is 1. The Morgan fingerprint density at radius 2 is 1.90 bits per heavy atom. The monoisotopic (exact) mass is 274 g/mol. The van der Waals surface area contributed by atoms with Crippen LogP contribution in [0.1, 0.15) is 41.6 Å². The smallest absolute Gasteiger partial charge is 0.307 e. The Morgan fingerprint density at radius 3 is 2.65 bits per heavy atom. The second kappa shape index (κ2) is 5.27. The summed E-state index contributed by atoms with van der Waals surface area (Å²) in [7, 11) is 0. The lowest BCUT2D eigenvalue weighted by Crippen LogP contribution is -2.33. The summed E-state index contributed by atoms with van der Waals surface area (Å²) < 4.78 is 5.48. The molecule has 1 fully saturated rings. The van der Waals surface area contributed by atoms with E-state index in [-0.39, 0.29) is 11.7 Å². The van der Waals surface area contributed by atoms with E-state index in [1.54, 1.807) is 0 Å². The van der Waals surface area contributed by atoms with Gasteiger partial charge in [-0.15, -0.1) is 0 Å². The molecule has 1 aromatic carbocycles. The Bertz CT molecular complexity index is 549. The molecular formula is C16H18O4. The average Bonchev–Trinajstić information content (AvgIpc) is 2.94. The molecule has 1 saturated carbocycles. The second-order valence-electron chi connectivity index (χ2n) is 5.58. The molecule has 20 heavy (non-hydrogen) atoms. The zero-order valence-electron chi connectivity index (χ0n) is 11.3. The van der Waals surface area contributed by atoms with Crippen molar-refractivity contribution in [2.45, 2.75) is 32.1 Å². The zero-order valence-corrected chi connectivity index (χ0v) is 11.3. The van der Waals surface area contributed by atoms with Crippen molar-refractivity contribution in [3.05, 3.63) is 29.3 Å². The predicted molar refractivity (Wildman–Crippen MR) is 73.1 cm³/mol. The van der Waals surface area contributed by atoms with Gasteiger partial charge in [0, 0.05) is 23.5 Å². The third-order valence-corrected chi connectivity index (χ3v) is 4.43. The van der Waals surface area contributed by atoms with E-state index in [1.807, 2.05) is 18.2 Å². The lowest BCUT2D eigenvalue weighted by molar-refractivity contribution is -0.144. The molecule has 2 unspecified atom stereocenters. The first-order valence-electron chi connectivity index (χ1n) is 7.20. The second-order valence-corrected chi connectivity index (χ2v) is 5.58. The van der Waals surface area contributed by atoms with Gasteiger partial charge >= 0.3 is 5.97 Å². The number of carboxylic acids is 1. The number of carbonyl (C=O) groups is 2. The molecule has 1 aromatic rings. The van der Waals surface area contributed by atoms with Gasteiger partial charge in [0.2, 0.25) is 0 Å². The summed E-state index contributed by atoms with van der Waals surface area (Å²) >= 11 is 0. The Kier molecular flexibility index (Phi) is 3.47. The summed E-state index contributed by atoms with van der Waals surface area (Å²) in [5.74, 6) is -0.993. The largest absolute Gasteiger partial charge is 0.493 e. The van der Waals surface area contributed by atoms with Gasteiger partial charge in [0.1, 0.15) is 5.75 Å². The van der Waals surface area contributed by atoms with Crippen LogP contribution in [0.5, 0.6) is 5.75 Å². The van der Waals surface area contributed by atoms with Gasteiger partial charge in [0.05, 0.1) is 12.5 Å². The molecule has 0 radical (unpaired) electrons. The highest BCUT2D eigenvalue weighted by Crippen LogP contribution is 2.36. The maximum absolute atomic E-state index is 12.8. The van der Waals surface area contributed by atoms with Crippen LogP contribution in [0.3, 0.4) is 0 Å². The van der Waals surface area contributed by atoms with Crippen LogP contribution < -0.4 is 4.74 Å². The highest BCUT2D eigenvalue weighted by atomic mass is 16.5. The minimum absolute atomic E-state index is 0.0144. The van der Waals surface area contributed by atoms with Crippen LogP contribution >= 0.6 is 0 Å². The fourth-order valence-electron chi connectivity index (χ4n) is 3.39. The summed E-state index contributed by atoms with van der Waals surface area (Å²) in [5.41, 5.74) is 1.62. The van der Waals surface area contributed by atoms with Crippen molar-refractivity contribution in [1.82, 2.24) is 0 Å². The Labute approximate surface area is 117 Å².